The summed E-state index contributed by atoms with van der Waals surface area (Å²) in [5.74, 6) is -0.669. The average molecular weight is 241 g/mol. The molecule has 2 rings (SSSR count). The van der Waals surface area contributed by atoms with E-state index in [0.717, 1.165) is 6.07 Å². The van der Waals surface area contributed by atoms with Crippen LogP contribution >= 0.6 is 0 Å². The summed E-state index contributed by atoms with van der Waals surface area (Å²) < 4.78 is 32.1. The van der Waals surface area contributed by atoms with Gasteiger partial charge in [-0.1, -0.05) is 13.8 Å². The fourth-order valence-corrected chi connectivity index (χ4v) is 2.79. The molecule has 1 aromatic rings. The van der Waals surface area contributed by atoms with Crippen molar-refractivity contribution >= 4 is 0 Å². The molecule has 0 saturated heterocycles. The van der Waals surface area contributed by atoms with Crippen LogP contribution in [0.3, 0.4) is 0 Å². The Morgan fingerprint density at radius 2 is 2.00 bits per heavy atom. The molecule has 2 nitrogen and oxygen atoms in total. The van der Waals surface area contributed by atoms with E-state index in [4.69, 9.17) is 10.5 Å². The molecule has 0 heterocycles. The van der Waals surface area contributed by atoms with Gasteiger partial charge in [0.1, 0.15) is 17.4 Å². The van der Waals surface area contributed by atoms with Crippen molar-refractivity contribution in [3.8, 4) is 5.75 Å². The van der Waals surface area contributed by atoms with Gasteiger partial charge < -0.3 is 10.5 Å². The quantitative estimate of drug-likeness (QED) is 0.883. The van der Waals surface area contributed by atoms with Crippen molar-refractivity contribution in [3.05, 3.63) is 29.3 Å². The molecule has 0 amide bonds. The molecule has 2 atom stereocenters. The third-order valence-corrected chi connectivity index (χ3v) is 3.89. The van der Waals surface area contributed by atoms with E-state index < -0.39 is 11.6 Å². The molecule has 0 spiro atoms. The molecule has 1 aliphatic carbocycles. The van der Waals surface area contributed by atoms with Crippen molar-refractivity contribution in [2.24, 2.45) is 17.1 Å². The Morgan fingerprint density at radius 3 is 2.47 bits per heavy atom. The van der Waals surface area contributed by atoms with Crippen LogP contribution in [0.4, 0.5) is 8.78 Å². The molecule has 1 aromatic carbocycles. The maximum absolute atomic E-state index is 13.9. The molecule has 1 saturated carbocycles. The van der Waals surface area contributed by atoms with E-state index in [0.29, 0.717) is 12.1 Å². The monoisotopic (exact) mass is 241 g/mol. The minimum Gasteiger partial charge on any atom is -0.496 e. The molecular weight excluding hydrogens is 224 g/mol. The highest BCUT2D eigenvalue weighted by atomic mass is 19.1. The zero-order valence-electron chi connectivity index (χ0n) is 10.3. The number of nitrogens with two attached hydrogens (primary N) is 1. The highest BCUT2D eigenvalue weighted by Gasteiger charge is 2.59. The SMILES string of the molecule is COc1cc(F)cc(F)c1[C@H]1[C@H](CN)C1(C)C. The van der Waals surface area contributed by atoms with E-state index in [1.807, 2.05) is 13.8 Å². The summed E-state index contributed by atoms with van der Waals surface area (Å²) in [6.45, 7) is 4.58. The lowest BCUT2D eigenvalue weighted by Gasteiger charge is -2.11. The Kier molecular flexibility index (Phi) is 2.86. The van der Waals surface area contributed by atoms with Crippen LogP contribution in [0.5, 0.6) is 5.75 Å². The van der Waals surface area contributed by atoms with Crippen LogP contribution in [-0.2, 0) is 0 Å². The minimum atomic E-state index is -0.620. The molecule has 1 fully saturated rings. The van der Waals surface area contributed by atoms with Gasteiger partial charge in [-0.3, -0.25) is 0 Å². The molecule has 94 valence electrons. The number of hydrogen-bond donors (Lipinski definition) is 1. The number of halogens is 2. The van der Waals surface area contributed by atoms with E-state index in [2.05, 4.69) is 0 Å². The number of methoxy groups -OCH3 is 1. The van der Waals surface area contributed by atoms with Crippen molar-refractivity contribution in [1.29, 1.82) is 0 Å². The van der Waals surface area contributed by atoms with Gasteiger partial charge in [0.25, 0.3) is 0 Å². The van der Waals surface area contributed by atoms with Gasteiger partial charge in [-0.15, -0.1) is 0 Å². The lowest BCUT2D eigenvalue weighted by atomic mass is 10.0. The molecule has 0 aliphatic heterocycles. The van der Waals surface area contributed by atoms with Gasteiger partial charge in [-0.2, -0.15) is 0 Å². The fraction of sp³-hybridized carbons (Fsp3) is 0.538. The molecule has 17 heavy (non-hydrogen) atoms. The third kappa shape index (κ3) is 1.80. The summed E-state index contributed by atoms with van der Waals surface area (Å²) in [4.78, 5) is 0. The predicted octanol–water partition coefficient (Wildman–Crippen LogP) is 2.67. The molecule has 2 N–H and O–H groups in total. The van der Waals surface area contributed by atoms with Gasteiger partial charge in [0.15, 0.2) is 0 Å². The maximum atomic E-state index is 13.9. The third-order valence-electron chi connectivity index (χ3n) is 3.89. The van der Waals surface area contributed by atoms with Crippen molar-refractivity contribution in [1.82, 2.24) is 0 Å². The molecule has 0 bridgehead atoms. The Bertz CT molecular complexity index is 445. The van der Waals surface area contributed by atoms with Crippen molar-refractivity contribution in [3.63, 3.8) is 0 Å². The second kappa shape index (κ2) is 3.95. The van der Waals surface area contributed by atoms with E-state index in [1.165, 1.54) is 13.2 Å². The summed E-state index contributed by atoms with van der Waals surface area (Å²) in [6, 6.07) is 2.13. The van der Waals surface area contributed by atoms with E-state index in [-0.39, 0.29) is 23.0 Å². The number of benzene rings is 1. The first-order valence-corrected chi connectivity index (χ1v) is 5.66. The summed E-state index contributed by atoms with van der Waals surface area (Å²) in [7, 11) is 1.42. The normalized spacial score (nSPS) is 25.8. The Morgan fingerprint density at radius 1 is 1.35 bits per heavy atom. The van der Waals surface area contributed by atoms with Crippen LogP contribution in [0.2, 0.25) is 0 Å². The highest BCUT2D eigenvalue weighted by Crippen LogP contribution is 2.65. The van der Waals surface area contributed by atoms with Crippen molar-refractivity contribution < 1.29 is 13.5 Å². The second-order valence-corrected chi connectivity index (χ2v) is 5.14. The topological polar surface area (TPSA) is 35.2 Å². The first kappa shape index (κ1) is 12.3. The first-order chi connectivity index (χ1) is 7.93. The van der Waals surface area contributed by atoms with Crippen LogP contribution in [0.15, 0.2) is 12.1 Å². The van der Waals surface area contributed by atoms with Gasteiger partial charge in [0.05, 0.1) is 7.11 Å². The van der Waals surface area contributed by atoms with Crippen molar-refractivity contribution in [2.75, 3.05) is 13.7 Å². The van der Waals surface area contributed by atoms with Gasteiger partial charge >= 0.3 is 0 Å². The molecule has 0 radical (unpaired) electrons. The zero-order chi connectivity index (χ0) is 12.8. The van der Waals surface area contributed by atoms with Gasteiger partial charge in [-0.05, 0) is 17.9 Å². The molecule has 4 heteroatoms. The molecule has 0 aromatic heterocycles. The molecule has 1 aliphatic rings. The van der Waals surface area contributed by atoms with E-state index in [1.54, 1.807) is 0 Å². The predicted molar refractivity (Wildman–Crippen MR) is 62.0 cm³/mol. The Hall–Kier alpha value is -1.16. The highest BCUT2D eigenvalue weighted by molar-refractivity contribution is 5.44. The Labute approximate surface area is 99.8 Å². The lowest BCUT2D eigenvalue weighted by molar-refractivity contribution is 0.397. The van der Waals surface area contributed by atoms with Crippen LogP contribution < -0.4 is 10.5 Å². The van der Waals surface area contributed by atoms with Crippen LogP contribution in [0.25, 0.3) is 0 Å². The van der Waals surface area contributed by atoms with Gasteiger partial charge in [-0.25, -0.2) is 8.78 Å². The molecular formula is C13H17F2NO. The van der Waals surface area contributed by atoms with Crippen LogP contribution in [0, 0.1) is 23.0 Å². The van der Waals surface area contributed by atoms with Crippen LogP contribution in [0.1, 0.15) is 25.3 Å². The Balaban J connectivity index is 2.47. The summed E-state index contributed by atoms with van der Waals surface area (Å²) in [5, 5.41) is 0. The number of ether oxygens (including phenoxy) is 1. The van der Waals surface area contributed by atoms with E-state index >= 15 is 0 Å². The lowest BCUT2D eigenvalue weighted by Crippen LogP contribution is -2.05. The van der Waals surface area contributed by atoms with E-state index in [9.17, 15) is 8.78 Å². The average Bonchev–Trinajstić information content (AvgIpc) is 2.79. The largest absolute Gasteiger partial charge is 0.496 e. The smallest absolute Gasteiger partial charge is 0.133 e. The maximum Gasteiger partial charge on any atom is 0.133 e. The fourth-order valence-electron chi connectivity index (χ4n) is 2.79. The first-order valence-electron chi connectivity index (χ1n) is 5.66. The second-order valence-electron chi connectivity index (χ2n) is 5.14. The summed E-state index contributed by atoms with van der Waals surface area (Å²) in [6.07, 6.45) is 0. The minimum absolute atomic E-state index is 0.00282. The number of hydrogen-bond acceptors (Lipinski definition) is 2. The number of rotatable bonds is 3. The van der Waals surface area contributed by atoms with Gasteiger partial charge in [0.2, 0.25) is 0 Å². The zero-order valence-corrected chi connectivity index (χ0v) is 10.3. The molecule has 0 unspecified atom stereocenters. The van der Waals surface area contributed by atoms with Gasteiger partial charge in [0, 0.05) is 23.6 Å². The standard InChI is InChI=1S/C13H17F2NO/c1-13(2)8(6-16)12(13)11-9(15)4-7(14)5-10(11)17-3/h4-5,8,12H,6,16H2,1-3H3/t8-,12+/m0/s1. The summed E-state index contributed by atoms with van der Waals surface area (Å²) >= 11 is 0. The van der Waals surface area contributed by atoms with Crippen LogP contribution in [-0.4, -0.2) is 13.7 Å². The summed E-state index contributed by atoms with van der Waals surface area (Å²) in [5.41, 5.74) is 6.07. The van der Waals surface area contributed by atoms with Crippen molar-refractivity contribution in [2.45, 2.75) is 19.8 Å².